The summed E-state index contributed by atoms with van der Waals surface area (Å²) in [4.78, 5) is 39.8. The molecule has 8 nitrogen and oxygen atoms in total. The van der Waals surface area contributed by atoms with Crippen molar-refractivity contribution in [3.63, 3.8) is 0 Å². The SMILES string of the molecule is CC1=NN(c2ccccc2)C(=O)/C1=C(\c1ccccc1C(=O)O)[C@@H]1C(=O)N(c2ccccc2)N=C1C. The van der Waals surface area contributed by atoms with Crippen LogP contribution < -0.4 is 10.0 Å². The van der Waals surface area contributed by atoms with Crippen molar-refractivity contribution in [3.8, 4) is 0 Å². The van der Waals surface area contributed by atoms with Crippen LogP contribution in [-0.2, 0) is 9.59 Å². The lowest BCUT2D eigenvalue weighted by Gasteiger charge is -2.21. The van der Waals surface area contributed by atoms with Crippen molar-refractivity contribution in [1.82, 2.24) is 0 Å². The Balaban J connectivity index is 1.72. The maximum atomic E-state index is 13.8. The zero-order chi connectivity index (χ0) is 25.4. The van der Waals surface area contributed by atoms with Gasteiger partial charge in [0.25, 0.3) is 11.8 Å². The Labute approximate surface area is 207 Å². The number of para-hydroxylation sites is 2. The highest BCUT2D eigenvalue weighted by atomic mass is 16.4. The van der Waals surface area contributed by atoms with Gasteiger partial charge in [-0.05, 0) is 55.3 Å². The zero-order valence-electron chi connectivity index (χ0n) is 19.6. The first-order chi connectivity index (χ1) is 17.4. The smallest absolute Gasteiger partial charge is 0.336 e. The molecule has 0 saturated carbocycles. The summed E-state index contributed by atoms with van der Waals surface area (Å²) in [5.74, 6) is -2.94. The molecule has 2 heterocycles. The number of carbonyl (C=O) groups excluding carboxylic acids is 2. The fraction of sp³-hybridized carbons (Fsp3) is 0.107. The molecule has 0 aliphatic carbocycles. The van der Waals surface area contributed by atoms with Gasteiger partial charge in [0.05, 0.1) is 33.9 Å². The van der Waals surface area contributed by atoms with Gasteiger partial charge in [-0.1, -0.05) is 54.6 Å². The van der Waals surface area contributed by atoms with Crippen molar-refractivity contribution >= 4 is 46.2 Å². The number of anilines is 2. The standard InChI is InChI=1S/C28H22N4O4/c1-17-23(26(33)31(29-17)19-11-5-3-6-12-19)25(21-15-9-10-16-22(21)28(35)36)24-18(2)30-32(27(24)34)20-13-7-4-8-14-20/h3-16,23H,1-2H3,(H,35,36)/b25-24+/t23-/m1/s1. The summed E-state index contributed by atoms with van der Waals surface area (Å²) in [6.45, 7) is 3.39. The van der Waals surface area contributed by atoms with Gasteiger partial charge in [-0.15, -0.1) is 0 Å². The van der Waals surface area contributed by atoms with Gasteiger partial charge in [0.2, 0.25) is 0 Å². The maximum absolute atomic E-state index is 13.8. The molecule has 1 N–H and O–H groups in total. The Morgan fingerprint density at radius 3 is 1.86 bits per heavy atom. The lowest BCUT2D eigenvalue weighted by molar-refractivity contribution is -0.118. The molecule has 5 rings (SSSR count). The van der Waals surface area contributed by atoms with Crippen LogP contribution in [0.1, 0.15) is 29.8 Å². The molecule has 2 amide bonds. The molecule has 0 fully saturated rings. The third-order valence-corrected chi connectivity index (χ3v) is 6.16. The number of hydrazone groups is 2. The van der Waals surface area contributed by atoms with Gasteiger partial charge in [-0.25, -0.2) is 4.79 Å². The minimum atomic E-state index is -1.16. The van der Waals surface area contributed by atoms with Crippen molar-refractivity contribution < 1.29 is 19.5 Å². The Bertz CT molecular complexity index is 1480. The summed E-state index contributed by atoms with van der Waals surface area (Å²) < 4.78 is 0. The van der Waals surface area contributed by atoms with E-state index in [1.165, 1.54) is 16.1 Å². The highest BCUT2D eigenvalue weighted by Crippen LogP contribution is 2.39. The summed E-state index contributed by atoms with van der Waals surface area (Å²) in [5.41, 5.74) is 2.71. The van der Waals surface area contributed by atoms with Crippen LogP contribution in [0.5, 0.6) is 0 Å². The number of rotatable bonds is 5. The number of hydrogen-bond acceptors (Lipinski definition) is 5. The van der Waals surface area contributed by atoms with E-state index in [4.69, 9.17) is 0 Å². The number of nitrogens with zero attached hydrogens (tertiary/aromatic N) is 4. The van der Waals surface area contributed by atoms with Crippen molar-refractivity contribution in [2.45, 2.75) is 13.8 Å². The maximum Gasteiger partial charge on any atom is 0.336 e. The van der Waals surface area contributed by atoms with E-state index >= 15 is 0 Å². The monoisotopic (exact) mass is 478 g/mol. The van der Waals surface area contributed by atoms with E-state index in [1.807, 2.05) is 12.1 Å². The summed E-state index contributed by atoms with van der Waals surface area (Å²) >= 11 is 0. The largest absolute Gasteiger partial charge is 0.478 e. The molecule has 0 bridgehead atoms. The van der Waals surface area contributed by atoms with Crippen LogP contribution in [0.15, 0.2) is 101 Å². The summed E-state index contributed by atoms with van der Waals surface area (Å²) in [6.07, 6.45) is 0. The van der Waals surface area contributed by atoms with E-state index in [9.17, 15) is 19.5 Å². The molecule has 0 radical (unpaired) electrons. The van der Waals surface area contributed by atoms with Crippen LogP contribution >= 0.6 is 0 Å². The molecule has 1 atom stereocenters. The van der Waals surface area contributed by atoms with Crippen molar-refractivity contribution in [3.05, 3.63) is 102 Å². The summed E-state index contributed by atoms with van der Waals surface area (Å²) in [7, 11) is 0. The van der Waals surface area contributed by atoms with Crippen LogP contribution in [0.3, 0.4) is 0 Å². The predicted molar refractivity (Wildman–Crippen MR) is 138 cm³/mol. The normalized spacial score (nSPS) is 18.9. The Morgan fingerprint density at radius 2 is 1.28 bits per heavy atom. The molecular formula is C28H22N4O4. The van der Waals surface area contributed by atoms with Crippen molar-refractivity contribution in [2.24, 2.45) is 16.1 Å². The van der Waals surface area contributed by atoms with Gasteiger partial charge in [0, 0.05) is 0 Å². The van der Waals surface area contributed by atoms with Crippen LogP contribution in [0.2, 0.25) is 0 Å². The highest BCUT2D eigenvalue weighted by molar-refractivity contribution is 6.37. The lowest BCUT2D eigenvalue weighted by atomic mass is 9.82. The first-order valence-electron chi connectivity index (χ1n) is 11.3. The number of aromatic carboxylic acids is 1. The fourth-order valence-corrected chi connectivity index (χ4v) is 4.55. The molecule has 3 aromatic rings. The van der Waals surface area contributed by atoms with Gasteiger partial charge >= 0.3 is 5.97 Å². The number of benzene rings is 3. The summed E-state index contributed by atoms with van der Waals surface area (Å²) in [6, 6.07) is 24.3. The second-order valence-corrected chi connectivity index (χ2v) is 8.44. The van der Waals surface area contributed by atoms with Crippen LogP contribution in [0.25, 0.3) is 5.57 Å². The first kappa shape index (κ1) is 22.9. The number of carbonyl (C=O) groups is 3. The van der Waals surface area contributed by atoms with Gasteiger partial charge in [0.1, 0.15) is 5.92 Å². The molecule has 8 heteroatoms. The third kappa shape index (κ3) is 3.78. The molecule has 178 valence electrons. The van der Waals surface area contributed by atoms with E-state index in [1.54, 1.807) is 80.6 Å². The Hall–Kier alpha value is -4.85. The highest BCUT2D eigenvalue weighted by Gasteiger charge is 2.43. The van der Waals surface area contributed by atoms with Gasteiger partial charge in [-0.3, -0.25) is 9.59 Å². The molecule has 2 aliphatic rings. The predicted octanol–water partition coefficient (Wildman–Crippen LogP) is 4.60. The zero-order valence-corrected chi connectivity index (χ0v) is 19.6. The van der Waals surface area contributed by atoms with Crippen molar-refractivity contribution in [2.75, 3.05) is 10.0 Å². The minimum Gasteiger partial charge on any atom is -0.478 e. The Kier molecular flexibility index (Phi) is 5.77. The minimum absolute atomic E-state index is 0.0162. The Morgan fingerprint density at radius 1 is 0.750 bits per heavy atom. The molecule has 0 spiro atoms. The fourth-order valence-electron chi connectivity index (χ4n) is 4.55. The molecule has 0 saturated heterocycles. The second kappa shape index (κ2) is 9.07. The summed E-state index contributed by atoms with van der Waals surface area (Å²) in [5, 5.41) is 21.5. The van der Waals surface area contributed by atoms with E-state index in [2.05, 4.69) is 10.2 Å². The van der Waals surface area contributed by atoms with Crippen LogP contribution in [-0.4, -0.2) is 34.3 Å². The number of amides is 2. The molecule has 3 aromatic carbocycles. The number of carboxylic acids is 1. The van der Waals surface area contributed by atoms with E-state index in [0.717, 1.165) is 0 Å². The van der Waals surface area contributed by atoms with Gasteiger partial charge < -0.3 is 5.11 Å². The third-order valence-electron chi connectivity index (χ3n) is 6.16. The molecule has 0 aromatic heterocycles. The van der Waals surface area contributed by atoms with Crippen molar-refractivity contribution in [1.29, 1.82) is 0 Å². The molecule has 0 unspecified atom stereocenters. The number of hydrogen-bond donors (Lipinski definition) is 1. The average Bonchev–Trinajstić information content (AvgIpc) is 3.36. The average molecular weight is 479 g/mol. The topological polar surface area (TPSA) is 103 Å². The second-order valence-electron chi connectivity index (χ2n) is 8.44. The molecule has 36 heavy (non-hydrogen) atoms. The molecule has 2 aliphatic heterocycles. The van der Waals surface area contributed by atoms with Gasteiger partial charge in [-0.2, -0.15) is 20.2 Å². The van der Waals surface area contributed by atoms with E-state index in [-0.39, 0.29) is 28.2 Å². The number of carboxylic acid groups (broad SMARTS) is 1. The van der Waals surface area contributed by atoms with E-state index < -0.39 is 17.8 Å². The first-order valence-corrected chi connectivity index (χ1v) is 11.3. The van der Waals surface area contributed by atoms with E-state index in [0.29, 0.717) is 22.8 Å². The lowest BCUT2D eigenvalue weighted by Crippen LogP contribution is -2.31. The van der Waals surface area contributed by atoms with Crippen LogP contribution in [0.4, 0.5) is 11.4 Å². The quantitative estimate of drug-likeness (QED) is 0.542. The molecular weight excluding hydrogens is 456 g/mol. The van der Waals surface area contributed by atoms with Crippen LogP contribution in [0, 0.1) is 5.92 Å². The van der Waals surface area contributed by atoms with Gasteiger partial charge in [0.15, 0.2) is 0 Å².